The summed E-state index contributed by atoms with van der Waals surface area (Å²) in [5, 5.41) is 2.34. The van der Waals surface area contributed by atoms with Gasteiger partial charge in [0.25, 0.3) is 0 Å². The van der Waals surface area contributed by atoms with Gasteiger partial charge in [0.2, 0.25) is 11.8 Å². The molecule has 2 fully saturated rings. The number of rotatable bonds is 3. The van der Waals surface area contributed by atoms with E-state index in [0.717, 1.165) is 12.8 Å². The largest absolute Gasteiger partial charge is 0.331 e. The van der Waals surface area contributed by atoms with Gasteiger partial charge in [-0.1, -0.05) is 20.8 Å². The summed E-state index contributed by atoms with van der Waals surface area (Å²) >= 11 is 0. The van der Waals surface area contributed by atoms with Gasteiger partial charge >= 0.3 is 6.03 Å². The van der Waals surface area contributed by atoms with Gasteiger partial charge in [0.05, 0.1) is 0 Å². The molecule has 5 heteroatoms. The Morgan fingerprint density at radius 3 is 2.22 bits per heavy atom. The molecule has 1 saturated carbocycles. The van der Waals surface area contributed by atoms with Crippen LogP contribution in [0.15, 0.2) is 0 Å². The fraction of sp³-hybridized carbons (Fsp3) is 0.769. The molecule has 0 unspecified atom stereocenters. The lowest BCUT2D eigenvalue weighted by molar-refractivity contribution is -0.155. The highest BCUT2D eigenvalue weighted by Gasteiger charge is 2.54. The molecule has 4 amide bonds. The minimum absolute atomic E-state index is 0.0296. The van der Waals surface area contributed by atoms with Crippen molar-refractivity contribution in [3.05, 3.63) is 0 Å². The molecule has 0 aromatic heterocycles. The Balaban J connectivity index is 2.28. The van der Waals surface area contributed by atoms with E-state index in [9.17, 15) is 14.4 Å². The van der Waals surface area contributed by atoms with E-state index in [1.54, 1.807) is 0 Å². The van der Waals surface area contributed by atoms with E-state index < -0.39 is 17.4 Å². The summed E-state index contributed by atoms with van der Waals surface area (Å²) in [6, 6.07) is -0.572. The maximum absolute atomic E-state index is 12.5. The van der Waals surface area contributed by atoms with E-state index >= 15 is 0 Å². The first-order chi connectivity index (χ1) is 8.46. The number of carbonyl (C=O) groups excluding carboxylic acids is 3. The van der Waals surface area contributed by atoms with Gasteiger partial charge in [0, 0.05) is 6.04 Å². The lowest BCUT2D eigenvalue weighted by atomic mass is 9.75. The fourth-order valence-corrected chi connectivity index (χ4v) is 2.97. The number of carbonyl (C=O) groups is 3. The fourth-order valence-electron chi connectivity index (χ4n) is 2.97. The molecule has 1 aliphatic carbocycles. The number of hydrogen-bond donors (Lipinski definition) is 1. The molecule has 2 rings (SSSR count). The molecule has 18 heavy (non-hydrogen) atoms. The van der Waals surface area contributed by atoms with Crippen molar-refractivity contribution in [1.29, 1.82) is 0 Å². The van der Waals surface area contributed by atoms with Crippen LogP contribution in [0.25, 0.3) is 0 Å². The van der Waals surface area contributed by atoms with E-state index in [2.05, 4.69) is 12.2 Å². The number of nitrogens with zero attached hydrogens (tertiary/aromatic N) is 1. The summed E-state index contributed by atoms with van der Waals surface area (Å²) < 4.78 is 0. The SMILES string of the molecule is CCC1(CC)C(=O)NC(=O)N(C2CC(C)C2)C1=O. The van der Waals surface area contributed by atoms with Crippen molar-refractivity contribution in [3.8, 4) is 0 Å². The van der Waals surface area contributed by atoms with Gasteiger partial charge in [-0.3, -0.25) is 19.8 Å². The molecule has 5 nitrogen and oxygen atoms in total. The quantitative estimate of drug-likeness (QED) is 0.777. The zero-order valence-corrected chi connectivity index (χ0v) is 11.2. The third-order valence-electron chi connectivity index (χ3n) is 4.42. The van der Waals surface area contributed by atoms with E-state index in [-0.39, 0.29) is 11.9 Å². The number of urea groups is 1. The van der Waals surface area contributed by atoms with Crippen LogP contribution >= 0.6 is 0 Å². The minimum atomic E-state index is -1.05. The predicted octanol–water partition coefficient (Wildman–Crippen LogP) is 1.67. The first-order valence-corrected chi connectivity index (χ1v) is 6.65. The summed E-state index contributed by atoms with van der Waals surface area (Å²) in [6.07, 6.45) is 2.55. The highest BCUT2D eigenvalue weighted by atomic mass is 16.2. The molecule has 100 valence electrons. The van der Waals surface area contributed by atoms with E-state index in [0.29, 0.717) is 18.8 Å². The van der Waals surface area contributed by atoms with Gasteiger partial charge in [0.15, 0.2) is 0 Å². The number of barbiturate groups is 1. The molecule has 1 saturated heterocycles. The van der Waals surface area contributed by atoms with Crippen molar-refractivity contribution in [2.45, 2.75) is 52.5 Å². The molecule has 0 aromatic carbocycles. The van der Waals surface area contributed by atoms with Crippen molar-refractivity contribution in [3.63, 3.8) is 0 Å². The second-order valence-electron chi connectivity index (χ2n) is 5.45. The maximum atomic E-state index is 12.5. The van der Waals surface area contributed by atoms with Gasteiger partial charge in [0.1, 0.15) is 5.41 Å². The van der Waals surface area contributed by atoms with E-state index in [1.807, 2.05) is 13.8 Å². The first kappa shape index (κ1) is 13.1. The van der Waals surface area contributed by atoms with Crippen LogP contribution in [0.1, 0.15) is 46.5 Å². The molecule has 0 radical (unpaired) electrons. The number of nitrogens with one attached hydrogen (secondary N) is 1. The van der Waals surface area contributed by atoms with Crippen molar-refractivity contribution < 1.29 is 14.4 Å². The Bertz CT molecular complexity index is 395. The molecule has 2 aliphatic rings. The lowest BCUT2D eigenvalue weighted by Crippen LogP contribution is -2.67. The summed E-state index contributed by atoms with van der Waals surface area (Å²) in [5.74, 6) is -0.199. The van der Waals surface area contributed by atoms with Gasteiger partial charge in [-0.15, -0.1) is 0 Å². The Kier molecular flexibility index (Phi) is 3.17. The van der Waals surface area contributed by atoms with Crippen molar-refractivity contribution in [1.82, 2.24) is 10.2 Å². The summed E-state index contributed by atoms with van der Waals surface area (Å²) in [7, 11) is 0. The summed E-state index contributed by atoms with van der Waals surface area (Å²) in [4.78, 5) is 37.6. The Morgan fingerprint density at radius 1 is 1.22 bits per heavy atom. The molecule has 1 N–H and O–H groups in total. The van der Waals surface area contributed by atoms with Crippen LogP contribution in [0.3, 0.4) is 0 Å². The van der Waals surface area contributed by atoms with Gasteiger partial charge < -0.3 is 0 Å². The Hall–Kier alpha value is -1.39. The predicted molar refractivity (Wildman–Crippen MR) is 65.6 cm³/mol. The molecule has 1 heterocycles. The molecule has 0 spiro atoms. The maximum Gasteiger partial charge on any atom is 0.331 e. The van der Waals surface area contributed by atoms with Crippen LogP contribution in [0.5, 0.6) is 0 Å². The normalized spacial score (nSPS) is 31.1. The second-order valence-corrected chi connectivity index (χ2v) is 5.45. The zero-order chi connectivity index (χ0) is 13.5. The minimum Gasteiger partial charge on any atom is -0.277 e. The van der Waals surface area contributed by atoms with Crippen LogP contribution < -0.4 is 5.32 Å². The van der Waals surface area contributed by atoms with E-state index in [4.69, 9.17) is 0 Å². The van der Waals surface area contributed by atoms with Crippen molar-refractivity contribution >= 4 is 17.8 Å². The average molecular weight is 252 g/mol. The van der Waals surface area contributed by atoms with Crippen LogP contribution in [0, 0.1) is 11.3 Å². The van der Waals surface area contributed by atoms with Crippen LogP contribution in [-0.2, 0) is 9.59 Å². The highest BCUT2D eigenvalue weighted by Crippen LogP contribution is 2.38. The molecular weight excluding hydrogens is 232 g/mol. The van der Waals surface area contributed by atoms with Gasteiger partial charge in [-0.05, 0) is 31.6 Å². The number of hydrogen-bond acceptors (Lipinski definition) is 3. The Morgan fingerprint density at radius 2 is 1.78 bits per heavy atom. The van der Waals surface area contributed by atoms with E-state index in [1.165, 1.54) is 4.90 Å². The van der Waals surface area contributed by atoms with Crippen LogP contribution in [0.2, 0.25) is 0 Å². The molecule has 1 aliphatic heterocycles. The monoisotopic (exact) mass is 252 g/mol. The Labute approximate surface area is 107 Å². The summed E-state index contributed by atoms with van der Waals surface area (Å²) in [6.45, 7) is 5.73. The molecular formula is C13H20N2O3. The highest BCUT2D eigenvalue weighted by molar-refractivity contribution is 6.19. The second kappa shape index (κ2) is 4.37. The molecule has 0 aromatic rings. The van der Waals surface area contributed by atoms with Crippen LogP contribution in [-0.4, -0.2) is 28.8 Å². The third-order valence-corrected chi connectivity index (χ3v) is 4.42. The van der Waals surface area contributed by atoms with Crippen molar-refractivity contribution in [2.24, 2.45) is 11.3 Å². The standard InChI is InChI=1S/C13H20N2O3/c1-4-13(5-2)10(16)14-12(18)15(11(13)17)9-6-8(3)7-9/h8-9H,4-7H2,1-3H3,(H,14,16,18). The molecule has 0 bridgehead atoms. The topological polar surface area (TPSA) is 66.5 Å². The van der Waals surface area contributed by atoms with Gasteiger partial charge in [-0.25, -0.2) is 4.79 Å². The number of imide groups is 2. The average Bonchev–Trinajstić information content (AvgIpc) is 2.28. The third kappa shape index (κ3) is 1.64. The van der Waals surface area contributed by atoms with Crippen LogP contribution in [0.4, 0.5) is 4.79 Å². The molecule has 0 atom stereocenters. The summed E-state index contributed by atoms with van der Waals surface area (Å²) in [5.41, 5.74) is -1.05. The lowest BCUT2D eigenvalue weighted by Gasteiger charge is -2.46. The smallest absolute Gasteiger partial charge is 0.277 e. The van der Waals surface area contributed by atoms with Crippen molar-refractivity contribution in [2.75, 3.05) is 0 Å². The number of amides is 4. The first-order valence-electron chi connectivity index (χ1n) is 6.65. The zero-order valence-electron chi connectivity index (χ0n) is 11.2. The van der Waals surface area contributed by atoms with Gasteiger partial charge in [-0.2, -0.15) is 0 Å².